The predicted octanol–water partition coefficient (Wildman–Crippen LogP) is 2.96. The number of benzene rings is 1. The molecule has 2 aliphatic rings. The fourth-order valence-electron chi connectivity index (χ4n) is 4.02. The van der Waals surface area contributed by atoms with Gasteiger partial charge in [0.1, 0.15) is 0 Å². The first-order chi connectivity index (χ1) is 9.24. The quantitative estimate of drug-likeness (QED) is 0.882. The molecule has 2 N–H and O–H groups in total. The molecule has 0 spiro atoms. The number of fused-ring (bicyclic) bond motifs is 3. The molecule has 1 aromatic rings. The minimum absolute atomic E-state index is 0.330. The van der Waals surface area contributed by atoms with E-state index in [0.717, 1.165) is 24.9 Å². The molecule has 0 bridgehead atoms. The second kappa shape index (κ2) is 5.26. The maximum absolute atomic E-state index is 6.52. The highest BCUT2D eigenvalue weighted by atomic mass is 16.5. The molecule has 0 aromatic heterocycles. The van der Waals surface area contributed by atoms with Crippen LogP contribution in [0.15, 0.2) is 24.3 Å². The number of rotatable bonds is 5. The molecule has 2 aliphatic carbocycles. The van der Waals surface area contributed by atoms with Crippen LogP contribution in [-0.4, -0.2) is 19.8 Å². The number of aryl methyl sites for hydroxylation is 1. The molecule has 2 nitrogen and oxygen atoms in total. The van der Waals surface area contributed by atoms with Crippen molar-refractivity contribution in [1.82, 2.24) is 0 Å². The molecule has 5 unspecified atom stereocenters. The summed E-state index contributed by atoms with van der Waals surface area (Å²) in [6.45, 7) is 3.10. The summed E-state index contributed by atoms with van der Waals surface area (Å²) < 4.78 is 5.18. The summed E-state index contributed by atoms with van der Waals surface area (Å²) in [7, 11) is 1.77. The van der Waals surface area contributed by atoms with Crippen LogP contribution in [0.5, 0.6) is 0 Å². The number of ether oxygens (including phenoxy) is 1. The molecule has 2 heteroatoms. The Balaban J connectivity index is 1.70. The van der Waals surface area contributed by atoms with Crippen LogP contribution < -0.4 is 5.73 Å². The lowest BCUT2D eigenvalue weighted by Crippen LogP contribution is -2.32. The fourth-order valence-corrected chi connectivity index (χ4v) is 4.02. The Labute approximate surface area is 116 Å². The van der Waals surface area contributed by atoms with Crippen LogP contribution in [0.25, 0.3) is 0 Å². The lowest BCUT2D eigenvalue weighted by Gasteiger charge is -2.20. The van der Waals surface area contributed by atoms with Crippen LogP contribution in [-0.2, 0) is 11.2 Å². The summed E-state index contributed by atoms with van der Waals surface area (Å²) in [6, 6.07) is 9.28. The highest BCUT2D eigenvalue weighted by Gasteiger charge is 2.56. The molecule has 5 atom stereocenters. The molecule has 3 rings (SSSR count). The topological polar surface area (TPSA) is 35.2 Å². The molecular formula is C17H25NO. The van der Waals surface area contributed by atoms with Crippen LogP contribution in [0.4, 0.5) is 0 Å². The monoisotopic (exact) mass is 259 g/mol. The van der Waals surface area contributed by atoms with Gasteiger partial charge >= 0.3 is 0 Å². The Kier molecular flexibility index (Phi) is 3.64. The molecule has 0 amide bonds. The molecular weight excluding hydrogens is 234 g/mol. The van der Waals surface area contributed by atoms with Gasteiger partial charge in [-0.3, -0.25) is 0 Å². The number of hydrogen-bond donors (Lipinski definition) is 1. The summed E-state index contributed by atoms with van der Waals surface area (Å²) >= 11 is 0. The molecule has 19 heavy (non-hydrogen) atoms. The van der Waals surface area contributed by atoms with Gasteiger partial charge in [0.25, 0.3) is 0 Å². The number of nitrogens with two attached hydrogens (primary N) is 1. The van der Waals surface area contributed by atoms with Gasteiger partial charge in [0.15, 0.2) is 0 Å². The summed E-state index contributed by atoms with van der Waals surface area (Å²) in [5.41, 5.74) is 9.66. The Morgan fingerprint density at radius 2 is 2.16 bits per heavy atom. The molecule has 104 valence electrons. The van der Waals surface area contributed by atoms with Crippen molar-refractivity contribution >= 4 is 0 Å². The van der Waals surface area contributed by atoms with Crippen LogP contribution in [0, 0.1) is 17.8 Å². The van der Waals surface area contributed by atoms with E-state index in [-0.39, 0.29) is 0 Å². The van der Waals surface area contributed by atoms with Crippen molar-refractivity contribution in [2.24, 2.45) is 23.5 Å². The van der Waals surface area contributed by atoms with E-state index < -0.39 is 0 Å². The van der Waals surface area contributed by atoms with Crippen LogP contribution in [0.3, 0.4) is 0 Å². The Morgan fingerprint density at radius 1 is 1.37 bits per heavy atom. The first kappa shape index (κ1) is 13.1. The highest BCUT2D eigenvalue weighted by Crippen LogP contribution is 2.61. The van der Waals surface area contributed by atoms with Crippen LogP contribution in [0.2, 0.25) is 0 Å². The van der Waals surface area contributed by atoms with E-state index in [0.29, 0.717) is 17.9 Å². The third-order valence-electron chi connectivity index (χ3n) is 5.27. The molecule has 1 aromatic carbocycles. The van der Waals surface area contributed by atoms with E-state index >= 15 is 0 Å². The number of methoxy groups -OCH3 is 1. The zero-order valence-corrected chi connectivity index (χ0v) is 12.0. The third kappa shape index (κ3) is 2.32. The smallest absolute Gasteiger partial charge is 0.0465 e. The van der Waals surface area contributed by atoms with Crippen molar-refractivity contribution < 1.29 is 4.74 Å². The summed E-state index contributed by atoms with van der Waals surface area (Å²) in [5.74, 6) is 2.85. The molecule has 1 saturated carbocycles. The van der Waals surface area contributed by atoms with Gasteiger partial charge in [-0.05, 0) is 54.1 Å². The van der Waals surface area contributed by atoms with Gasteiger partial charge in [0, 0.05) is 19.8 Å². The Morgan fingerprint density at radius 3 is 2.95 bits per heavy atom. The Hall–Kier alpha value is -0.860. The lowest BCUT2D eigenvalue weighted by molar-refractivity contribution is 0.171. The highest BCUT2D eigenvalue weighted by molar-refractivity contribution is 5.40. The van der Waals surface area contributed by atoms with Crippen molar-refractivity contribution in [3.8, 4) is 0 Å². The third-order valence-corrected chi connectivity index (χ3v) is 5.27. The van der Waals surface area contributed by atoms with Gasteiger partial charge < -0.3 is 10.5 Å². The van der Waals surface area contributed by atoms with E-state index in [1.165, 1.54) is 12.8 Å². The average molecular weight is 259 g/mol. The summed E-state index contributed by atoms with van der Waals surface area (Å²) in [6.07, 6.45) is 3.65. The minimum Gasteiger partial charge on any atom is -0.385 e. The largest absolute Gasteiger partial charge is 0.385 e. The zero-order valence-electron chi connectivity index (χ0n) is 12.0. The van der Waals surface area contributed by atoms with E-state index in [4.69, 9.17) is 10.5 Å². The molecule has 1 fully saturated rings. The summed E-state index contributed by atoms with van der Waals surface area (Å²) in [4.78, 5) is 0. The standard InChI is InChI=1S/C17H25NO/c1-11(9-10-19-2)17(18)16-14-8-7-12-5-3-4-6-13(12)15(14)16/h3-6,11,14-17H,7-10,18H2,1-2H3. The van der Waals surface area contributed by atoms with Crippen molar-refractivity contribution in [1.29, 1.82) is 0 Å². The Bertz CT molecular complexity index is 445. The molecule has 0 aliphatic heterocycles. The van der Waals surface area contributed by atoms with Crippen LogP contribution in [0.1, 0.15) is 36.8 Å². The maximum atomic E-state index is 6.52. The number of hydrogen-bond acceptors (Lipinski definition) is 2. The molecule has 0 saturated heterocycles. The van der Waals surface area contributed by atoms with E-state index in [2.05, 4.69) is 31.2 Å². The van der Waals surface area contributed by atoms with Gasteiger partial charge in [0.2, 0.25) is 0 Å². The molecule has 0 heterocycles. The second-order valence-electron chi connectivity index (χ2n) is 6.34. The van der Waals surface area contributed by atoms with Crippen LogP contribution >= 0.6 is 0 Å². The first-order valence-electron chi connectivity index (χ1n) is 7.56. The van der Waals surface area contributed by atoms with Gasteiger partial charge in [-0.25, -0.2) is 0 Å². The SMILES string of the molecule is COCCC(C)C(N)C1C2CCc3ccccc3C21. The molecule has 0 radical (unpaired) electrons. The van der Waals surface area contributed by atoms with Gasteiger partial charge in [0.05, 0.1) is 0 Å². The van der Waals surface area contributed by atoms with E-state index in [1.54, 1.807) is 18.2 Å². The van der Waals surface area contributed by atoms with Crippen molar-refractivity contribution in [3.63, 3.8) is 0 Å². The summed E-state index contributed by atoms with van der Waals surface area (Å²) in [5, 5.41) is 0. The minimum atomic E-state index is 0.330. The van der Waals surface area contributed by atoms with Gasteiger partial charge in [-0.1, -0.05) is 31.2 Å². The predicted molar refractivity (Wildman–Crippen MR) is 78.1 cm³/mol. The zero-order chi connectivity index (χ0) is 13.4. The van der Waals surface area contributed by atoms with E-state index in [9.17, 15) is 0 Å². The van der Waals surface area contributed by atoms with Crippen molar-refractivity contribution in [2.75, 3.05) is 13.7 Å². The van der Waals surface area contributed by atoms with Crippen molar-refractivity contribution in [3.05, 3.63) is 35.4 Å². The van der Waals surface area contributed by atoms with E-state index in [1.807, 2.05) is 0 Å². The second-order valence-corrected chi connectivity index (χ2v) is 6.34. The van der Waals surface area contributed by atoms with Crippen molar-refractivity contribution in [2.45, 2.75) is 38.1 Å². The normalized spacial score (nSPS) is 31.2. The van der Waals surface area contributed by atoms with Gasteiger partial charge in [-0.15, -0.1) is 0 Å². The maximum Gasteiger partial charge on any atom is 0.0465 e. The fraction of sp³-hybridized carbons (Fsp3) is 0.647. The first-order valence-corrected chi connectivity index (χ1v) is 7.56. The van der Waals surface area contributed by atoms with Gasteiger partial charge in [-0.2, -0.15) is 0 Å². The lowest BCUT2D eigenvalue weighted by atomic mass is 9.91. The average Bonchev–Trinajstić information content (AvgIpc) is 3.18.